The molecule has 0 saturated carbocycles. The van der Waals surface area contributed by atoms with Crippen molar-refractivity contribution >= 4 is 33.8 Å². The third kappa shape index (κ3) is 3.14. The number of carbonyl (C=O) groups excluding carboxylic acids is 1. The zero-order valence-corrected chi connectivity index (χ0v) is 16.7. The van der Waals surface area contributed by atoms with Gasteiger partial charge in [-0.15, -0.1) is 0 Å². The summed E-state index contributed by atoms with van der Waals surface area (Å²) in [5.74, 6) is -0.952. The van der Waals surface area contributed by atoms with Gasteiger partial charge >= 0.3 is 0 Å². The number of piperazine rings is 1. The second kappa shape index (κ2) is 7.06. The molecule has 2 N–H and O–H groups in total. The summed E-state index contributed by atoms with van der Waals surface area (Å²) in [5, 5.41) is 11.4. The van der Waals surface area contributed by atoms with Crippen LogP contribution >= 0.6 is 0 Å². The fourth-order valence-electron chi connectivity index (χ4n) is 3.87. The van der Waals surface area contributed by atoms with Crippen LogP contribution in [0.15, 0.2) is 30.9 Å². The molecule has 0 spiro atoms. The van der Waals surface area contributed by atoms with Crippen molar-refractivity contribution in [3.63, 3.8) is 0 Å². The molecular weight excluding hydrogens is 387 g/mol. The molecule has 1 aliphatic heterocycles. The molecule has 4 aromatic rings. The third-order valence-electron chi connectivity index (χ3n) is 5.20. The first-order valence-corrected chi connectivity index (χ1v) is 9.74. The Kier molecular flexibility index (Phi) is 4.35. The van der Waals surface area contributed by atoms with Crippen LogP contribution in [0.2, 0.25) is 0 Å². The fourth-order valence-corrected chi connectivity index (χ4v) is 3.87. The quantitative estimate of drug-likeness (QED) is 0.536. The second-order valence-corrected chi connectivity index (χ2v) is 7.44. The SMILES string of the molecule is Cc1cn2cc(NC(=O)c3ncc(N4CCNCC4)c4cn(C)nc34)cc(F)c2n1. The maximum Gasteiger partial charge on any atom is 0.276 e. The van der Waals surface area contributed by atoms with E-state index in [2.05, 4.69) is 30.6 Å². The van der Waals surface area contributed by atoms with Gasteiger partial charge in [-0.25, -0.2) is 14.4 Å². The number of fused-ring (bicyclic) bond motifs is 2. The number of nitrogens with zero attached hydrogens (tertiary/aromatic N) is 6. The summed E-state index contributed by atoms with van der Waals surface area (Å²) in [4.78, 5) is 23.8. The number of aromatic nitrogens is 5. The Morgan fingerprint density at radius 3 is 2.83 bits per heavy atom. The van der Waals surface area contributed by atoms with Gasteiger partial charge in [-0.2, -0.15) is 5.10 Å². The van der Waals surface area contributed by atoms with Gasteiger partial charge < -0.3 is 19.9 Å². The average Bonchev–Trinajstić information content (AvgIpc) is 3.29. The maximum absolute atomic E-state index is 14.4. The Balaban J connectivity index is 1.51. The molecule has 0 aromatic carbocycles. The lowest BCUT2D eigenvalue weighted by Crippen LogP contribution is -2.43. The lowest BCUT2D eigenvalue weighted by atomic mass is 10.2. The van der Waals surface area contributed by atoms with E-state index in [0.717, 1.165) is 37.3 Å². The Labute approximate surface area is 171 Å². The van der Waals surface area contributed by atoms with E-state index in [0.29, 0.717) is 16.9 Å². The van der Waals surface area contributed by atoms with E-state index in [4.69, 9.17) is 0 Å². The second-order valence-electron chi connectivity index (χ2n) is 7.44. The number of aryl methyl sites for hydroxylation is 2. The zero-order chi connectivity index (χ0) is 20.8. The van der Waals surface area contributed by atoms with Crippen molar-refractivity contribution in [3.05, 3.63) is 48.1 Å². The van der Waals surface area contributed by atoms with Crippen LogP contribution in [-0.2, 0) is 7.05 Å². The normalized spacial score (nSPS) is 14.6. The molecule has 1 amide bonds. The molecule has 10 heteroatoms. The predicted molar refractivity (Wildman–Crippen MR) is 111 cm³/mol. The first-order chi connectivity index (χ1) is 14.5. The van der Waals surface area contributed by atoms with Gasteiger partial charge in [0.1, 0.15) is 5.52 Å². The van der Waals surface area contributed by atoms with Crippen LogP contribution in [0.4, 0.5) is 15.8 Å². The van der Waals surface area contributed by atoms with Gasteiger partial charge in [0.25, 0.3) is 5.91 Å². The van der Waals surface area contributed by atoms with Crippen LogP contribution in [-0.4, -0.2) is 56.2 Å². The summed E-state index contributed by atoms with van der Waals surface area (Å²) in [5.41, 5.74) is 2.91. The summed E-state index contributed by atoms with van der Waals surface area (Å²) >= 11 is 0. The van der Waals surface area contributed by atoms with E-state index in [1.807, 2.05) is 13.2 Å². The molecule has 0 unspecified atom stereocenters. The number of anilines is 2. The highest BCUT2D eigenvalue weighted by Gasteiger charge is 2.21. The monoisotopic (exact) mass is 408 g/mol. The molecule has 154 valence electrons. The highest BCUT2D eigenvalue weighted by molar-refractivity contribution is 6.12. The summed E-state index contributed by atoms with van der Waals surface area (Å²) < 4.78 is 17.6. The first kappa shape index (κ1) is 18.5. The van der Waals surface area contributed by atoms with Crippen LogP contribution in [0, 0.1) is 12.7 Å². The molecule has 1 fully saturated rings. The minimum absolute atomic E-state index is 0.201. The lowest BCUT2D eigenvalue weighted by molar-refractivity contribution is 0.102. The first-order valence-electron chi connectivity index (χ1n) is 9.74. The molecule has 1 aliphatic rings. The molecule has 0 radical (unpaired) electrons. The van der Waals surface area contributed by atoms with Gasteiger partial charge in [-0.3, -0.25) is 9.48 Å². The minimum atomic E-state index is -0.508. The van der Waals surface area contributed by atoms with Gasteiger partial charge in [0.05, 0.1) is 23.3 Å². The van der Waals surface area contributed by atoms with Gasteiger partial charge in [0.15, 0.2) is 17.2 Å². The number of hydrogen-bond donors (Lipinski definition) is 2. The molecule has 0 atom stereocenters. The minimum Gasteiger partial charge on any atom is -0.367 e. The molecule has 0 aliphatic carbocycles. The van der Waals surface area contributed by atoms with Gasteiger partial charge in [-0.05, 0) is 6.92 Å². The van der Waals surface area contributed by atoms with E-state index in [1.165, 1.54) is 6.07 Å². The average molecular weight is 408 g/mol. The van der Waals surface area contributed by atoms with Crippen molar-refractivity contribution in [3.8, 4) is 0 Å². The number of imidazole rings is 1. The maximum atomic E-state index is 14.4. The van der Waals surface area contributed by atoms with Crippen LogP contribution in [0.3, 0.4) is 0 Å². The Morgan fingerprint density at radius 2 is 2.03 bits per heavy atom. The summed E-state index contributed by atoms with van der Waals surface area (Å²) in [6.07, 6.45) is 6.94. The number of nitrogens with one attached hydrogen (secondary N) is 2. The predicted octanol–water partition coefficient (Wildman–Crippen LogP) is 1.73. The number of carbonyl (C=O) groups is 1. The highest BCUT2D eigenvalue weighted by atomic mass is 19.1. The van der Waals surface area contributed by atoms with E-state index < -0.39 is 11.7 Å². The molecule has 5 heterocycles. The van der Waals surface area contributed by atoms with Crippen LogP contribution in [0.1, 0.15) is 16.2 Å². The summed E-state index contributed by atoms with van der Waals surface area (Å²) in [6, 6.07) is 1.25. The van der Waals surface area contributed by atoms with E-state index in [-0.39, 0.29) is 11.3 Å². The molecule has 4 aromatic heterocycles. The lowest BCUT2D eigenvalue weighted by Gasteiger charge is -2.29. The smallest absolute Gasteiger partial charge is 0.276 e. The number of hydrogen-bond acceptors (Lipinski definition) is 6. The standard InChI is InChI=1S/C20H21FN8O/c1-12-9-29-10-13(7-15(21)19(29)24-12)25-20(30)18-17-14(11-27(2)26-17)16(8-23-18)28-5-3-22-4-6-28/h7-11,22H,3-6H2,1-2H3,(H,25,30). The van der Waals surface area contributed by atoms with Gasteiger partial charge in [-0.1, -0.05) is 0 Å². The largest absolute Gasteiger partial charge is 0.367 e. The van der Waals surface area contributed by atoms with E-state index in [9.17, 15) is 9.18 Å². The molecular formula is C20H21FN8O. The number of amides is 1. The molecule has 5 rings (SSSR count). The third-order valence-corrected chi connectivity index (χ3v) is 5.20. The van der Waals surface area contributed by atoms with Crippen LogP contribution in [0.5, 0.6) is 0 Å². The van der Waals surface area contributed by atoms with E-state index >= 15 is 0 Å². The van der Waals surface area contributed by atoms with Crippen molar-refractivity contribution in [2.45, 2.75) is 6.92 Å². The van der Waals surface area contributed by atoms with Crippen molar-refractivity contribution in [2.75, 3.05) is 36.4 Å². The zero-order valence-electron chi connectivity index (χ0n) is 16.7. The summed E-state index contributed by atoms with van der Waals surface area (Å²) in [7, 11) is 1.81. The van der Waals surface area contributed by atoms with Crippen molar-refractivity contribution in [1.82, 2.24) is 29.5 Å². The van der Waals surface area contributed by atoms with Crippen molar-refractivity contribution in [2.24, 2.45) is 7.05 Å². The fraction of sp³-hybridized carbons (Fsp3) is 0.300. The molecule has 1 saturated heterocycles. The van der Waals surface area contributed by atoms with Gasteiger partial charge in [0.2, 0.25) is 0 Å². The molecule has 9 nitrogen and oxygen atoms in total. The van der Waals surface area contributed by atoms with Crippen molar-refractivity contribution < 1.29 is 9.18 Å². The van der Waals surface area contributed by atoms with Crippen LogP contribution < -0.4 is 15.5 Å². The topological polar surface area (TPSA) is 92.4 Å². The molecule has 0 bridgehead atoms. The Morgan fingerprint density at radius 1 is 1.23 bits per heavy atom. The van der Waals surface area contributed by atoms with Crippen LogP contribution in [0.25, 0.3) is 16.6 Å². The summed E-state index contributed by atoms with van der Waals surface area (Å²) in [6.45, 7) is 5.30. The highest BCUT2D eigenvalue weighted by Crippen LogP contribution is 2.28. The van der Waals surface area contributed by atoms with E-state index in [1.54, 1.807) is 34.6 Å². The Hall–Kier alpha value is -3.53. The van der Waals surface area contributed by atoms with Crippen molar-refractivity contribution in [1.29, 1.82) is 0 Å². The molecule has 30 heavy (non-hydrogen) atoms. The number of rotatable bonds is 3. The Bertz CT molecular complexity index is 1270. The van der Waals surface area contributed by atoms with Gasteiger partial charge in [0, 0.05) is 63.3 Å². The number of halogens is 1. The number of pyridine rings is 2.